The van der Waals surface area contributed by atoms with Crippen LogP contribution in [0.5, 0.6) is 0 Å². The summed E-state index contributed by atoms with van der Waals surface area (Å²) in [4.78, 5) is 3.11. The fourth-order valence-corrected chi connectivity index (χ4v) is 3.19. The second kappa shape index (κ2) is 7.11. The first-order chi connectivity index (χ1) is 9.97. The van der Waals surface area contributed by atoms with E-state index in [-0.39, 0.29) is 6.54 Å². The van der Waals surface area contributed by atoms with Crippen molar-refractivity contribution in [3.05, 3.63) is 57.3 Å². The Labute approximate surface area is 127 Å². The summed E-state index contributed by atoms with van der Waals surface area (Å²) < 4.78 is 27.1. The highest BCUT2D eigenvalue weighted by molar-refractivity contribution is 7.10. The van der Waals surface area contributed by atoms with E-state index in [1.807, 2.05) is 23.3 Å². The zero-order valence-electron chi connectivity index (χ0n) is 12.1. The molecular formula is C16H19F2NOS. The Kier molecular flexibility index (Phi) is 5.45. The Balaban J connectivity index is 2.16. The molecule has 0 unspecified atom stereocenters. The Morgan fingerprint density at radius 1 is 1.24 bits per heavy atom. The quantitative estimate of drug-likeness (QED) is 0.879. The van der Waals surface area contributed by atoms with Crippen LogP contribution in [0.3, 0.4) is 0 Å². The summed E-state index contributed by atoms with van der Waals surface area (Å²) in [5.41, 5.74) is 1.49. The molecule has 21 heavy (non-hydrogen) atoms. The van der Waals surface area contributed by atoms with Gasteiger partial charge in [-0.1, -0.05) is 12.1 Å². The summed E-state index contributed by atoms with van der Waals surface area (Å²) in [6.45, 7) is 5.01. The van der Waals surface area contributed by atoms with Gasteiger partial charge in [-0.2, -0.15) is 0 Å². The molecule has 0 saturated carbocycles. The molecule has 0 radical (unpaired) electrons. The van der Waals surface area contributed by atoms with Crippen molar-refractivity contribution in [2.45, 2.75) is 33.0 Å². The van der Waals surface area contributed by atoms with Crippen molar-refractivity contribution in [3.8, 4) is 0 Å². The number of hydrogen-bond donors (Lipinski definition) is 1. The number of hydrogen-bond acceptors (Lipinski definition) is 3. The lowest BCUT2D eigenvalue weighted by atomic mass is 10.1. The summed E-state index contributed by atoms with van der Waals surface area (Å²) in [5, 5.41) is 11.6. The van der Waals surface area contributed by atoms with E-state index >= 15 is 0 Å². The van der Waals surface area contributed by atoms with Crippen LogP contribution in [-0.2, 0) is 13.1 Å². The number of aliphatic hydroxyl groups is 1. The maximum absolute atomic E-state index is 13.8. The predicted molar refractivity (Wildman–Crippen MR) is 81.2 cm³/mol. The number of thiophene rings is 1. The Hall–Kier alpha value is -1.30. The van der Waals surface area contributed by atoms with Crippen LogP contribution in [0.15, 0.2) is 29.6 Å². The summed E-state index contributed by atoms with van der Waals surface area (Å²) in [6.07, 6.45) is -0.526. The first-order valence-electron chi connectivity index (χ1n) is 6.83. The largest absolute Gasteiger partial charge is 0.392 e. The van der Waals surface area contributed by atoms with Crippen LogP contribution in [-0.4, -0.2) is 22.7 Å². The molecular weight excluding hydrogens is 292 g/mol. The minimum atomic E-state index is -0.836. The second-order valence-electron chi connectivity index (χ2n) is 5.26. The van der Waals surface area contributed by atoms with Crippen molar-refractivity contribution < 1.29 is 13.9 Å². The van der Waals surface area contributed by atoms with Gasteiger partial charge in [-0.3, -0.25) is 4.90 Å². The normalized spacial score (nSPS) is 12.9. The second-order valence-corrected chi connectivity index (χ2v) is 6.26. The van der Waals surface area contributed by atoms with Gasteiger partial charge in [0.05, 0.1) is 6.10 Å². The van der Waals surface area contributed by atoms with Gasteiger partial charge in [-0.25, -0.2) is 8.78 Å². The summed E-state index contributed by atoms with van der Waals surface area (Å²) in [7, 11) is 0. The Bertz CT molecular complexity index is 598. The summed E-state index contributed by atoms with van der Waals surface area (Å²) >= 11 is 1.63. The van der Waals surface area contributed by atoms with Gasteiger partial charge in [-0.15, -0.1) is 11.3 Å². The minimum absolute atomic E-state index is 0.270. The van der Waals surface area contributed by atoms with Crippen LogP contribution in [0.25, 0.3) is 0 Å². The van der Waals surface area contributed by atoms with E-state index in [1.165, 1.54) is 16.5 Å². The standard InChI is InChI=1S/C16H19F2NOS/c1-11-6-7-21-15(11)10-19(8-12(2)20)9-13-4-3-5-14(17)16(13)18/h3-7,12,20H,8-10H2,1-2H3/t12-/m0/s1. The average Bonchev–Trinajstić information content (AvgIpc) is 2.80. The third kappa shape index (κ3) is 4.33. The van der Waals surface area contributed by atoms with E-state index in [0.29, 0.717) is 18.7 Å². The molecule has 1 N–H and O–H groups in total. The Morgan fingerprint density at radius 3 is 2.62 bits per heavy atom. The fourth-order valence-electron chi connectivity index (χ4n) is 2.24. The molecule has 0 amide bonds. The molecule has 0 spiro atoms. The first kappa shape index (κ1) is 16.1. The molecule has 1 atom stereocenters. The molecule has 1 heterocycles. The smallest absolute Gasteiger partial charge is 0.163 e. The lowest BCUT2D eigenvalue weighted by Crippen LogP contribution is -2.30. The number of aliphatic hydroxyl groups excluding tert-OH is 1. The highest BCUT2D eigenvalue weighted by Crippen LogP contribution is 2.20. The molecule has 2 aromatic rings. The van der Waals surface area contributed by atoms with Gasteiger partial charge in [0.15, 0.2) is 11.6 Å². The lowest BCUT2D eigenvalue weighted by molar-refractivity contribution is 0.117. The van der Waals surface area contributed by atoms with Gasteiger partial charge in [-0.05, 0) is 36.9 Å². The predicted octanol–water partition coefficient (Wildman–Crippen LogP) is 3.72. The van der Waals surface area contributed by atoms with Crippen LogP contribution in [0.2, 0.25) is 0 Å². The molecule has 0 fully saturated rings. The van der Waals surface area contributed by atoms with E-state index in [1.54, 1.807) is 24.3 Å². The maximum Gasteiger partial charge on any atom is 0.163 e. The van der Waals surface area contributed by atoms with Crippen molar-refractivity contribution in [1.82, 2.24) is 4.90 Å². The SMILES string of the molecule is Cc1ccsc1CN(Cc1cccc(F)c1F)C[C@H](C)O. The van der Waals surface area contributed by atoms with Crippen molar-refractivity contribution in [2.75, 3.05) is 6.54 Å². The molecule has 2 rings (SSSR count). The van der Waals surface area contributed by atoms with E-state index < -0.39 is 17.7 Å². The number of benzene rings is 1. The van der Waals surface area contributed by atoms with Crippen LogP contribution in [0.1, 0.15) is 22.9 Å². The molecule has 0 bridgehead atoms. The Morgan fingerprint density at radius 2 is 2.00 bits per heavy atom. The van der Waals surface area contributed by atoms with Gasteiger partial charge < -0.3 is 5.11 Å². The van der Waals surface area contributed by atoms with Gasteiger partial charge in [0.2, 0.25) is 0 Å². The molecule has 0 aliphatic carbocycles. The molecule has 1 aromatic heterocycles. The van der Waals surface area contributed by atoms with Crippen LogP contribution < -0.4 is 0 Å². The zero-order chi connectivity index (χ0) is 15.4. The summed E-state index contributed by atoms with van der Waals surface area (Å²) in [6, 6.07) is 6.23. The summed E-state index contributed by atoms with van der Waals surface area (Å²) in [5.74, 6) is -1.65. The van der Waals surface area contributed by atoms with Gasteiger partial charge in [0, 0.05) is 30.1 Å². The first-order valence-corrected chi connectivity index (χ1v) is 7.71. The number of halogens is 2. The fraction of sp³-hybridized carbons (Fsp3) is 0.375. The third-order valence-electron chi connectivity index (χ3n) is 3.28. The van der Waals surface area contributed by atoms with E-state index in [9.17, 15) is 13.9 Å². The molecule has 1 aromatic carbocycles. The minimum Gasteiger partial charge on any atom is -0.392 e. The highest BCUT2D eigenvalue weighted by atomic mass is 32.1. The van der Waals surface area contributed by atoms with Gasteiger partial charge >= 0.3 is 0 Å². The van der Waals surface area contributed by atoms with Crippen molar-refractivity contribution >= 4 is 11.3 Å². The molecule has 0 aliphatic rings. The van der Waals surface area contributed by atoms with Crippen molar-refractivity contribution in [1.29, 1.82) is 0 Å². The number of aryl methyl sites for hydroxylation is 1. The molecule has 2 nitrogen and oxygen atoms in total. The monoisotopic (exact) mass is 311 g/mol. The van der Waals surface area contributed by atoms with Gasteiger partial charge in [0.25, 0.3) is 0 Å². The average molecular weight is 311 g/mol. The van der Waals surface area contributed by atoms with Crippen molar-refractivity contribution in [2.24, 2.45) is 0 Å². The lowest BCUT2D eigenvalue weighted by Gasteiger charge is -2.24. The van der Waals surface area contributed by atoms with Gasteiger partial charge in [0.1, 0.15) is 0 Å². The topological polar surface area (TPSA) is 23.5 Å². The molecule has 114 valence electrons. The van der Waals surface area contributed by atoms with E-state index in [0.717, 1.165) is 6.07 Å². The van der Waals surface area contributed by atoms with E-state index in [4.69, 9.17) is 0 Å². The number of rotatable bonds is 6. The van der Waals surface area contributed by atoms with Crippen LogP contribution in [0.4, 0.5) is 8.78 Å². The molecule has 0 aliphatic heterocycles. The van der Waals surface area contributed by atoms with Crippen LogP contribution in [0, 0.1) is 18.6 Å². The third-order valence-corrected chi connectivity index (χ3v) is 4.29. The molecule has 5 heteroatoms. The number of nitrogens with zero attached hydrogens (tertiary/aromatic N) is 1. The molecule has 0 saturated heterocycles. The van der Waals surface area contributed by atoms with Crippen molar-refractivity contribution in [3.63, 3.8) is 0 Å². The zero-order valence-corrected chi connectivity index (χ0v) is 13.0. The maximum atomic E-state index is 13.8. The highest BCUT2D eigenvalue weighted by Gasteiger charge is 2.15. The van der Waals surface area contributed by atoms with E-state index in [2.05, 4.69) is 0 Å². The van der Waals surface area contributed by atoms with Crippen LogP contribution >= 0.6 is 11.3 Å².